The summed E-state index contributed by atoms with van der Waals surface area (Å²) in [5.41, 5.74) is 4.02. The summed E-state index contributed by atoms with van der Waals surface area (Å²) < 4.78 is 5.68. The molecule has 25 heavy (non-hydrogen) atoms. The molecule has 1 aliphatic heterocycles. The average molecular weight is 338 g/mol. The number of benzene rings is 2. The fourth-order valence-corrected chi connectivity index (χ4v) is 3.14. The topological polar surface area (TPSA) is 50.4 Å². The lowest BCUT2D eigenvalue weighted by atomic mass is 10.0. The molecule has 2 aromatic carbocycles. The number of anilines is 1. The van der Waals surface area contributed by atoms with E-state index in [-0.39, 0.29) is 12.0 Å². The first-order valence-corrected chi connectivity index (χ1v) is 8.91. The van der Waals surface area contributed by atoms with Crippen LogP contribution in [0, 0.1) is 13.8 Å². The highest BCUT2D eigenvalue weighted by Crippen LogP contribution is 2.21. The van der Waals surface area contributed by atoms with E-state index in [4.69, 9.17) is 4.74 Å². The van der Waals surface area contributed by atoms with Crippen molar-refractivity contribution in [1.82, 2.24) is 5.32 Å². The first-order valence-electron chi connectivity index (χ1n) is 8.91. The van der Waals surface area contributed by atoms with Gasteiger partial charge in [-0.1, -0.05) is 42.5 Å². The first kappa shape index (κ1) is 17.6. The molecular formula is C21H26N2O2. The minimum absolute atomic E-state index is 0.0436. The third-order valence-corrected chi connectivity index (χ3v) is 4.62. The number of hydrogen-bond acceptors (Lipinski definition) is 3. The van der Waals surface area contributed by atoms with Gasteiger partial charge in [0.25, 0.3) is 0 Å². The molecule has 0 aliphatic carbocycles. The monoisotopic (exact) mass is 338 g/mol. The number of ether oxygens (including phenoxy) is 1. The van der Waals surface area contributed by atoms with Crippen molar-refractivity contribution in [2.45, 2.75) is 38.8 Å². The fourth-order valence-electron chi connectivity index (χ4n) is 3.14. The zero-order chi connectivity index (χ0) is 17.6. The smallest absolute Gasteiger partial charge is 0.246 e. The molecule has 1 amide bonds. The Labute approximate surface area is 149 Å². The van der Waals surface area contributed by atoms with Crippen molar-refractivity contribution in [2.24, 2.45) is 0 Å². The number of amides is 1. The second-order valence-corrected chi connectivity index (χ2v) is 6.69. The van der Waals surface area contributed by atoms with Crippen molar-refractivity contribution in [3.63, 3.8) is 0 Å². The molecular weight excluding hydrogens is 312 g/mol. The van der Waals surface area contributed by atoms with Gasteiger partial charge in [-0.05, 0) is 49.4 Å². The van der Waals surface area contributed by atoms with E-state index in [1.165, 1.54) is 0 Å². The Bertz CT molecular complexity index is 709. The SMILES string of the molecule is Cc1ccc(C)c(NC(=O)[C@H](NC[C@@H]2CCCO2)c2ccccc2)c1. The molecule has 2 aromatic rings. The number of carbonyl (C=O) groups excluding carboxylic acids is 1. The quantitative estimate of drug-likeness (QED) is 0.843. The average Bonchev–Trinajstić information content (AvgIpc) is 3.13. The maximum absolute atomic E-state index is 13.0. The van der Waals surface area contributed by atoms with E-state index in [9.17, 15) is 4.79 Å². The molecule has 0 radical (unpaired) electrons. The van der Waals surface area contributed by atoms with Crippen LogP contribution in [-0.4, -0.2) is 25.2 Å². The largest absolute Gasteiger partial charge is 0.377 e. The lowest BCUT2D eigenvalue weighted by Crippen LogP contribution is -2.37. The molecule has 0 bridgehead atoms. The van der Waals surface area contributed by atoms with Crippen LogP contribution in [0.4, 0.5) is 5.69 Å². The Hall–Kier alpha value is -2.17. The van der Waals surface area contributed by atoms with Crippen molar-refractivity contribution >= 4 is 11.6 Å². The molecule has 3 rings (SSSR count). The summed E-state index contributed by atoms with van der Waals surface area (Å²) in [4.78, 5) is 13.0. The number of rotatable bonds is 6. The molecule has 4 nitrogen and oxygen atoms in total. The highest BCUT2D eigenvalue weighted by Gasteiger charge is 2.23. The summed E-state index contributed by atoms with van der Waals surface area (Å²) in [6, 6.07) is 15.5. The predicted octanol–water partition coefficient (Wildman–Crippen LogP) is 3.75. The summed E-state index contributed by atoms with van der Waals surface area (Å²) in [6.45, 7) is 5.53. The third-order valence-electron chi connectivity index (χ3n) is 4.62. The van der Waals surface area contributed by atoms with E-state index in [2.05, 4.69) is 16.7 Å². The van der Waals surface area contributed by atoms with Crippen LogP contribution >= 0.6 is 0 Å². The first-order chi connectivity index (χ1) is 12.1. The zero-order valence-electron chi connectivity index (χ0n) is 14.9. The van der Waals surface area contributed by atoms with Crippen LogP contribution in [-0.2, 0) is 9.53 Å². The highest BCUT2D eigenvalue weighted by atomic mass is 16.5. The predicted molar refractivity (Wildman–Crippen MR) is 101 cm³/mol. The Morgan fingerprint density at radius 1 is 1.20 bits per heavy atom. The van der Waals surface area contributed by atoms with E-state index < -0.39 is 6.04 Å². The van der Waals surface area contributed by atoms with E-state index in [0.717, 1.165) is 41.8 Å². The molecule has 1 heterocycles. The molecule has 1 aliphatic rings. The van der Waals surface area contributed by atoms with Gasteiger partial charge in [0.05, 0.1) is 6.10 Å². The van der Waals surface area contributed by atoms with Crippen LogP contribution in [0.2, 0.25) is 0 Å². The van der Waals surface area contributed by atoms with Gasteiger partial charge in [0.2, 0.25) is 5.91 Å². The van der Waals surface area contributed by atoms with Gasteiger partial charge in [-0.15, -0.1) is 0 Å². The van der Waals surface area contributed by atoms with Gasteiger partial charge in [-0.25, -0.2) is 0 Å². The van der Waals surface area contributed by atoms with Crippen molar-refractivity contribution in [3.8, 4) is 0 Å². The molecule has 0 unspecified atom stereocenters. The molecule has 0 saturated carbocycles. The van der Waals surface area contributed by atoms with Crippen LogP contribution in [0.5, 0.6) is 0 Å². The van der Waals surface area contributed by atoms with Crippen LogP contribution in [0.1, 0.15) is 35.6 Å². The van der Waals surface area contributed by atoms with Crippen LogP contribution < -0.4 is 10.6 Å². The minimum atomic E-state index is -0.398. The minimum Gasteiger partial charge on any atom is -0.377 e. The Morgan fingerprint density at radius 2 is 2.00 bits per heavy atom. The highest BCUT2D eigenvalue weighted by molar-refractivity contribution is 5.96. The molecule has 4 heteroatoms. The molecule has 1 fully saturated rings. The number of aryl methyl sites for hydroxylation is 2. The van der Waals surface area contributed by atoms with Crippen LogP contribution in [0.25, 0.3) is 0 Å². The van der Waals surface area contributed by atoms with Gasteiger partial charge in [0.1, 0.15) is 6.04 Å². The summed E-state index contributed by atoms with van der Waals surface area (Å²) in [7, 11) is 0. The summed E-state index contributed by atoms with van der Waals surface area (Å²) in [6.07, 6.45) is 2.34. The second kappa shape index (κ2) is 8.28. The standard InChI is InChI=1S/C21H26N2O2/c1-15-10-11-16(2)19(13-15)23-21(24)20(17-7-4-3-5-8-17)22-14-18-9-6-12-25-18/h3-5,7-8,10-11,13,18,20,22H,6,9,12,14H2,1-2H3,(H,23,24)/t18-,20+/m0/s1. The summed E-state index contributed by atoms with van der Waals surface area (Å²) in [5, 5.41) is 6.48. The van der Waals surface area contributed by atoms with E-state index >= 15 is 0 Å². The van der Waals surface area contributed by atoms with E-state index in [0.29, 0.717) is 6.54 Å². The van der Waals surface area contributed by atoms with Gasteiger partial charge in [0, 0.05) is 18.8 Å². The number of hydrogen-bond donors (Lipinski definition) is 2. The number of carbonyl (C=O) groups is 1. The van der Waals surface area contributed by atoms with Gasteiger partial charge < -0.3 is 10.1 Å². The van der Waals surface area contributed by atoms with Gasteiger partial charge in [-0.3, -0.25) is 10.1 Å². The lowest BCUT2D eigenvalue weighted by molar-refractivity contribution is -0.118. The fraction of sp³-hybridized carbons (Fsp3) is 0.381. The molecule has 1 saturated heterocycles. The van der Waals surface area contributed by atoms with E-state index in [1.807, 2.05) is 56.3 Å². The van der Waals surface area contributed by atoms with Crippen molar-refractivity contribution < 1.29 is 9.53 Å². The molecule has 0 aromatic heterocycles. The summed E-state index contributed by atoms with van der Waals surface area (Å²) >= 11 is 0. The maximum atomic E-state index is 13.0. The Morgan fingerprint density at radius 3 is 2.72 bits per heavy atom. The second-order valence-electron chi connectivity index (χ2n) is 6.69. The molecule has 2 N–H and O–H groups in total. The normalized spacial score (nSPS) is 18.1. The molecule has 132 valence electrons. The summed E-state index contributed by atoms with van der Waals surface area (Å²) in [5.74, 6) is -0.0436. The zero-order valence-corrected chi connectivity index (χ0v) is 14.9. The van der Waals surface area contributed by atoms with Crippen molar-refractivity contribution in [3.05, 3.63) is 65.2 Å². The van der Waals surface area contributed by atoms with Crippen molar-refractivity contribution in [2.75, 3.05) is 18.5 Å². The van der Waals surface area contributed by atoms with Crippen LogP contribution in [0.3, 0.4) is 0 Å². The molecule has 2 atom stereocenters. The Kier molecular flexibility index (Phi) is 5.84. The van der Waals surface area contributed by atoms with Crippen molar-refractivity contribution in [1.29, 1.82) is 0 Å². The van der Waals surface area contributed by atoms with Gasteiger partial charge in [0.15, 0.2) is 0 Å². The van der Waals surface area contributed by atoms with E-state index in [1.54, 1.807) is 0 Å². The van der Waals surface area contributed by atoms with Gasteiger partial charge >= 0.3 is 0 Å². The maximum Gasteiger partial charge on any atom is 0.246 e. The third kappa shape index (κ3) is 4.68. The molecule has 0 spiro atoms. The lowest BCUT2D eigenvalue weighted by Gasteiger charge is -2.21. The number of nitrogens with one attached hydrogen (secondary N) is 2. The Balaban J connectivity index is 1.75. The van der Waals surface area contributed by atoms with Crippen LogP contribution in [0.15, 0.2) is 48.5 Å². The van der Waals surface area contributed by atoms with Gasteiger partial charge in [-0.2, -0.15) is 0 Å².